The van der Waals surface area contributed by atoms with Crippen LogP contribution in [0.25, 0.3) is 0 Å². The second-order valence-electron chi connectivity index (χ2n) is 5.29. The number of oxime groups is 1. The first-order valence-corrected chi connectivity index (χ1v) is 7.80. The van der Waals surface area contributed by atoms with Gasteiger partial charge in [0.25, 0.3) is 0 Å². The number of benzene rings is 2. The smallest absolute Gasteiger partial charge is 0.356 e. The van der Waals surface area contributed by atoms with Crippen molar-refractivity contribution in [2.75, 3.05) is 14.2 Å². The lowest BCUT2D eigenvalue weighted by Crippen LogP contribution is -2.18. The molecule has 0 saturated heterocycles. The summed E-state index contributed by atoms with van der Waals surface area (Å²) in [4.78, 5) is 12.1. The van der Waals surface area contributed by atoms with E-state index in [9.17, 15) is 4.79 Å². The summed E-state index contributed by atoms with van der Waals surface area (Å²) < 4.78 is 15.7. The van der Waals surface area contributed by atoms with Crippen molar-refractivity contribution in [3.8, 4) is 11.5 Å². The number of hydrogen-bond donors (Lipinski definition) is 1. The van der Waals surface area contributed by atoms with E-state index in [2.05, 4.69) is 5.16 Å². The summed E-state index contributed by atoms with van der Waals surface area (Å²) in [5.74, 6) is 0.717. The SMILES string of the molecule is COc1ccc(OC)c(CCC(=NO)C(=O)OCc2ccccc2)c1. The molecule has 2 aromatic rings. The Balaban J connectivity index is 1.97. The van der Waals surface area contributed by atoms with Crippen LogP contribution in [0.5, 0.6) is 11.5 Å². The second kappa shape index (κ2) is 9.32. The Morgan fingerprint density at radius 2 is 1.84 bits per heavy atom. The lowest BCUT2D eigenvalue weighted by atomic mass is 10.1. The van der Waals surface area contributed by atoms with Crippen LogP contribution in [0.1, 0.15) is 17.5 Å². The molecule has 132 valence electrons. The van der Waals surface area contributed by atoms with E-state index in [0.29, 0.717) is 17.9 Å². The van der Waals surface area contributed by atoms with E-state index >= 15 is 0 Å². The first-order valence-electron chi connectivity index (χ1n) is 7.80. The van der Waals surface area contributed by atoms with Crippen LogP contribution in [-0.2, 0) is 22.6 Å². The van der Waals surface area contributed by atoms with Crippen LogP contribution in [-0.4, -0.2) is 31.1 Å². The van der Waals surface area contributed by atoms with Gasteiger partial charge in [-0.05, 0) is 35.7 Å². The van der Waals surface area contributed by atoms with Crippen LogP contribution in [0.3, 0.4) is 0 Å². The van der Waals surface area contributed by atoms with Crippen molar-refractivity contribution in [1.29, 1.82) is 0 Å². The van der Waals surface area contributed by atoms with Gasteiger partial charge in [-0.25, -0.2) is 4.79 Å². The molecule has 0 aliphatic rings. The minimum Gasteiger partial charge on any atom is -0.497 e. The summed E-state index contributed by atoms with van der Waals surface area (Å²) >= 11 is 0. The molecule has 0 radical (unpaired) electrons. The van der Waals surface area contributed by atoms with Crippen LogP contribution < -0.4 is 9.47 Å². The highest BCUT2D eigenvalue weighted by Crippen LogP contribution is 2.25. The molecule has 0 bridgehead atoms. The molecule has 0 saturated carbocycles. The maximum Gasteiger partial charge on any atom is 0.356 e. The molecule has 0 aromatic heterocycles. The van der Waals surface area contributed by atoms with Gasteiger partial charge in [0, 0.05) is 6.42 Å². The van der Waals surface area contributed by atoms with Gasteiger partial charge in [0.1, 0.15) is 18.1 Å². The lowest BCUT2D eigenvalue weighted by Gasteiger charge is -2.11. The predicted octanol–water partition coefficient (Wildman–Crippen LogP) is 3.21. The number of hydrogen-bond acceptors (Lipinski definition) is 6. The third-order valence-corrected chi connectivity index (χ3v) is 3.69. The Labute approximate surface area is 146 Å². The zero-order valence-electron chi connectivity index (χ0n) is 14.3. The summed E-state index contributed by atoms with van der Waals surface area (Å²) in [6.07, 6.45) is 0.661. The topological polar surface area (TPSA) is 77.4 Å². The van der Waals surface area contributed by atoms with Gasteiger partial charge in [0.2, 0.25) is 0 Å². The largest absolute Gasteiger partial charge is 0.497 e. The molecule has 6 heteroatoms. The fourth-order valence-corrected chi connectivity index (χ4v) is 2.33. The minimum absolute atomic E-state index is 0.0409. The van der Waals surface area contributed by atoms with E-state index < -0.39 is 5.97 Å². The summed E-state index contributed by atoms with van der Waals surface area (Å²) in [5, 5.41) is 12.2. The van der Waals surface area contributed by atoms with Crippen LogP contribution in [0, 0.1) is 0 Å². The normalized spacial score (nSPS) is 11.0. The fraction of sp³-hybridized carbons (Fsp3) is 0.263. The molecule has 25 heavy (non-hydrogen) atoms. The van der Waals surface area contributed by atoms with Crippen molar-refractivity contribution in [2.24, 2.45) is 5.16 Å². The number of aryl methyl sites for hydroxylation is 1. The lowest BCUT2D eigenvalue weighted by molar-refractivity contribution is -0.137. The average molecular weight is 343 g/mol. The molecule has 0 aliphatic heterocycles. The van der Waals surface area contributed by atoms with Gasteiger partial charge in [-0.3, -0.25) is 0 Å². The van der Waals surface area contributed by atoms with E-state index in [1.165, 1.54) is 0 Å². The molecule has 0 spiro atoms. The van der Waals surface area contributed by atoms with Crippen LogP contribution >= 0.6 is 0 Å². The van der Waals surface area contributed by atoms with Crippen molar-refractivity contribution in [3.63, 3.8) is 0 Å². The van der Waals surface area contributed by atoms with E-state index in [4.69, 9.17) is 19.4 Å². The molecule has 0 unspecified atom stereocenters. The Morgan fingerprint density at radius 1 is 1.08 bits per heavy atom. The molecule has 2 rings (SSSR count). The minimum atomic E-state index is -0.645. The second-order valence-corrected chi connectivity index (χ2v) is 5.29. The van der Waals surface area contributed by atoms with Crippen LogP contribution in [0.4, 0.5) is 0 Å². The molecule has 0 atom stereocenters. The van der Waals surface area contributed by atoms with Crippen LogP contribution in [0.2, 0.25) is 0 Å². The van der Waals surface area contributed by atoms with Crippen molar-refractivity contribution in [3.05, 3.63) is 59.7 Å². The maximum absolute atomic E-state index is 12.1. The fourth-order valence-electron chi connectivity index (χ4n) is 2.33. The molecule has 0 heterocycles. The maximum atomic E-state index is 12.1. The Bertz CT molecular complexity index is 728. The summed E-state index contributed by atoms with van der Waals surface area (Å²) in [5.41, 5.74) is 1.67. The quantitative estimate of drug-likeness (QED) is 0.345. The van der Waals surface area contributed by atoms with E-state index in [-0.39, 0.29) is 18.7 Å². The zero-order chi connectivity index (χ0) is 18.1. The summed E-state index contributed by atoms with van der Waals surface area (Å²) in [6.45, 7) is 0.126. The zero-order valence-corrected chi connectivity index (χ0v) is 14.3. The number of carbonyl (C=O) groups is 1. The van der Waals surface area contributed by atoms with Gasteiger partial charge in [0.15, 0.2) is 5.71 Å². The molecule has 1 N–H and O–H groups in total. The highest BCUT2D eigenvalue weighted by Gasteiger charge is 2.16. The van der Waals surface area contributed by atoms with Gasteiger partial charge in [-0.1, -0.05) is 35.5 Å². The van der Waals surface area contributed by atoms with E-state index in [0.717, 1.165) is 11.1 Å². The highest BCUT2D eigenvalue weighted by atomic mass is 16.5. The third kappa shape index (κ3) is 5.24. The Morgan fingerprint density at radius 3 is 2.48 bits per heavy atom. The number of carbonyl (C=O) groups excluding carboxylic acids is 1. The molecule has 0 aliphatic carbocycles. The standard InChI is InChI=1S/C19H21NO5/c1-23-16-9-11-18(24-2)15(12-16)8-10-17(20-22)19(21)25-13-14-6-4-3-5-7-14/h3-7,9,11-12,22H,8,10,13H2,1-2H3. The monoisotopic (exact) mass is 343 g/mol. The van der Waals surface area contributed by atoms with Gasteiger partial charge in [0.05, 0.1) is 14.2 Å². The molecular weight excluding hydrogens is 322 g/mol. The average Bonchev–Trinajstić information content (AvgIpc) is 2.67. The number of ether oxygens (including phenoxy) is 3. The molecule has 6 nitrogen and oxygen atoms in total. The Kier molecular flexibility index (Phi) is 6.83. The van der Waals surface area contributed by atoms with E-state index in [1.807, 2.05) is 36.4 Å². The number of methoxy groups -OCH3 is 2. The predicted molar refractivity (Wildman–Crippen MR) is 93.3 cm³/mol. The third-order valence-electron chi connectivity index (χ3n) is 3.69. The van der Waals surface area contributed by atoms with Crippen LogP contribution in [0.15, 0.2) is 53.7 Å². The first-order chi connectivity index (χ1) is 12.2. The summed E-state index contributed by atoms with van der Waals surface area (Å²) in [7, 11) is 3.15. The molecule has 2 aromatic carbocycles. The van der Waals surface area contributed by atoms with Gasteiger partial charge in [-0.15, -0.1) is 0 Å². The highest BCUT2D eigenvalue weighted by molar-refractivity contribution is 6.36. The molecular formula is C19H21NO5. The molecule has 0 fully saturated rings. The van der Waals surface area contributed by atoms with Gasteiger partial charge in [-0.2, -0.15) is 0 Å². The molecule has 0 amide bonds. The number of nitrogens with zero attached hydrogens (tertiary/aromatic N) is 1. The summed E-state index contributed by atoms with van der Waals surface area (Å²) in [6, 6.07) is 14.7. The number of esters is 1. The van der Waals surface area contributed by atoms with Crippen molar-refractivity contribution >= 4 is 11.7 Å². The van der Waals surface area contributed by atoms with Gasteiger partial charge >= 0.3 is 5.97 Å². The van der Waals surface area contributed by atoms with Crippen molar-refractivity contribution in [2.45, 2.75) is 19.4 Å². The van der Waals surface area contributed by atoms with Gasteiger partial charge < -0.3 is 19.4 Å². The Hall–Kier alpha value is -3.02. The number of rotatable bonds is 8. The van der Waals surface area contributed by atoms with E-state index in [1.54, 1.807) is 26.4 Å². The first kappa shape index (κ1) is 18.3. The van der Waals surface area contributed by atoms with Crippen molar-refractivity contribution in [1.82, 2.24) is 0 Å². The van der Waals surface area contributed by atoms with Crippen molar-refractivity contribution < 1.29 is 24.2 Å².